The van der Waals surface area contributed by atoms with Crippen LogP contribution in [0.2, 0.25) is 5.02 Å². The molecule has 0 spiro atoms. The van der Waals surface area contributed by atoms with E-state index in [1.165, 1.54) is 6.20 Å². The average molecular weight is 370 g/mol. The minimum Gasteiger partial charge on any atom is -0.350 e. The first-order valence-electron chi connectivity index (χ1n) is 8.44. The molecule has 0 radical (unpaired) electrons. The number of carbonyl (C=O) groups is 1. The molecule has 0 saturated heterocycles. The predicted molar refractivity (Wildman–Crippen MR) is 101 cm³/mol. The van der Waals surface area contributed by atoms with E-state index in [9.17, 15) is 4.79 Å². The van der Waals surface area contributed by atoms with Crippen molar-refractivity contribution in [3.63, 3.8) is 0 Å². The van der Waals surface area contributed by atoms with E-state index in [0.29, 0.717) is 18.8 Å². The molecule has 2 heterocycles. The molecule has 1 aromatic carbocycles. The Hall–Kier alpha value is -2.73. The number of benzene rings is 1. The molecule has 1 amide bonds. The van der Waals surface area contributed by atoms with Crippen molar-refractivity contribution in [2.45, 2.75) is 26.2 Å². The van der Waals surface area contributed by atoms with Crippen LogP contribution in [0.5, 0.6) is 0 Å². The van der Waals surface area contributed by atoms with E-state index in [1.54, 1.807) is 10.9 Å². The first kappa shape index (κ1) is 18.1. The third kappa shape index (κ3) is 4.26. The van der Waals surface area contributed by atoms with Crippen LogP contribution in [0.4, 0.5) is 0 Å². The first-order valence-corrected chi connectivity index (χ1v) is 8.82. The van der Waals surface area contributed by atoms with Gasteiger partial charge in [-0.25, -0.2) is 14.6 Å². The highest BCUT2D eigenvalue weighted by Crippen LogP contribution is 2.16. The number of rotatable bonds is 6. The van der Waals surface area contributed by atoms with Crippen molar-refractivity contribution < 1.29 is 4.79 Å². The maximum absolute atomic E-state index is 12.3. The van der Waals surface area contributed by atoms with Gasteiger partial charge in [0.2, 0.25) is 0 Å². The molecule has 26 heavy (non-hydrogen) atoms. The van der Waals surface area contributed by atoms with Gasteiger partial charge in [0.1, 0.15) is 11.5 Å². The summed E-state index contributed by atoms with van der Waals surface area (Å²) >= 11 is 6.06. The molecule has 6 nitrogen and oxygen atoms in total. The van der Waals surface area contributed by atoms with E-state index in [2.05, 4.69) is 20.4 Å². The topological polar surface area (TPSA) is 72.7 Å². The molecule has 1 N–H and O–H groups in total. The van der Waals surface area contributed by atoms with Crippen LogP contribution in [0, 0.1) is 0 Å². The van der Waals surface area contributed by atoms with Gasteiger partial charge >= 0.3 is 0 Å². The Morgan fingerprint density at radius 3 is 2.69 bits per heavy atom. The molecular formula is C19H20ClN5O. The van der Waals surface area contributed by atoms with Crippen LogP contribution in [0.15, 0.2) is 48.9 Å². The summed E-state index contributed by atoms with van der Waals surface area (Å²) in [7, 11) is 0. The molecule has 134 valence electrons. The zero-order valence-corrected chi connectivity index (χ0v) is 15.4. The summed E-state index contributed by atoms with van der Waals surface area (Å²) < 4.78 is 1.80. The SMILES string of the molecule is CC(C)c1ncc(Cl)c(C(=O)NCCc2ccc(-n3cccn3)cc2)n1. The van der Waals surface area contributed by atoms with Crippen molar-refractivity contribution >= 4 is 17.5 Å². The zero-order chi connectivity index (χ0) is 18.5. The number of nitrogens with zero attached hydrogens (tertiary/aromatic N) is 4. The Bertz CT molecular complexity index is 875. The summed E-state index contributed by atoms with van der Waals surface area (Å²) in [6.45, 7) is 4.44. The molecule has 0 atom stereocenters. The molecular weight excluding hydrogens is 350 g/mol. The monoisotopic (exact) mass is 369 g/mol. The molecule has 3 aromatic rings. The minimum absolute atomic E-state index is 0.132. The number of carbonyl (C=O) groups excluding carboxylic acids is 1. The minimum atomic E-state index is -0.285. The summed E-state index contributed by atoms with van der Waals surface area (Å²) in [6.07, 6.45) is 5.83. The van der Waals surface area contributed by atoms with Crippen LogP contribution < -0.4 is 5.32 Å². The molecule has 0 fully saturated rings. The van der Waals surface area contributed by atoms with Crippen LogP contribution in [0.3, 0.4) is 0 Å². The summed E-state index contributed by atoms with van der Waals surface area (Å²) in [5.41, 5.74) is 2.34. The summed E-state index contributed by atoms with van der Waals surface area (Å²) in [4.78, 5) is 20.8. The molecule has 0 saturated carbocycles. The van der Waals surface area contributed by atoms with E-state index < -0.39 is 0 Å². The van der Waals surface area contributed by atoms with E-state index in [1.807, 2.05) is 50.4 Å². The van der Waals surface area contributed by atoms with Crippen molar-refractivity contribution in [3.8, 4) is 5.69 Å². The molecule has 0 aliphatic heterocycles. The predicted octanol–water partition coefficient (Wildman–Crippen LogP) is 3.41. The molecule has 3 rings (SSSR count). The quantitative estimate of drug-likeness (QED) is 0.722. The second kappa shape index (κ2) is 8.10. The number of nitrogens with one attached hydrogen (secondary N) is 1. The van der Waals surface area contributed by atoms with Crippen molar-refractivity contribution in [1.82, 2.24) is 25.1 Å². The lowest BCUT2D eigenvalue weighted by atomic mass is 10.1. The molecule has 0 aliphatic carbocycles. The van der Waals surface area contributed by atoms with Crippen LogP contribution >= 0.6 is 11.6 Å². The first-order chi connectivity index (χ1) is 12.5. The standard InChI is InChI=1S/C19H20ClN5O/c1-13(2)18-22-12-16(20)17(24-18)19(26)21-10-8-14-4-6-15(7-5-14)25-11-3-9-23-25/h3-7,9,11-13H,8,10H2,1-2H3,(H,21,26). The van der Waals surface area contributed by atoms with Crippen LogP contribution in [0.1, 0.15) is 41.6 Å². The third-order valence-corrected chi connectivity index (χ3v) is 4.18. The maximum atomic E-state index is 12.3. The number of halogens is 1. The fraction of sp³-hybridized carbons (Fsp3) is 0.263. The van der Waals surface area contributed by atoms with Crippen LogP contribution in [0.25, 0.3) is 5.69 Å². The second-order valence-electron chi connectivity index (χ2n) is 6.20. The van der Waals surface area contributed by atoms with Crippen LogP contribution in [-0.4, -0.2) is 32.2 Å². The van der Waals surface area contributed by atoms with Gasteiger partial charge in [0.05, 0.1) is 16.9 Å². The van der Waals surface area contributed by atoms with Gasteiger partial charge in [-0.1, -0.05) is 37.6 Å². The largest absolute Gasteiger partial charge is 0.350 e. The van der Waals surface area contributed by atoms with E-state index >= 15 is 0 Å². The molecule has 0 unspecified atom stereocenters. The highest BCUT2D eigenvalue weighted by atomic mass is 35.5. The fourth-order valence-electron chi connectivity index (χ4n) is 2.46. The molecule has 2 aromatic heterocycles. The normalized spacial score (nSPS) is 10.9. The second-order valence-corrected chi connectivity index (χ2v) is 6.61. The summed E-state index contributed by atoms with van der Waals surface area (Å²) in [6, 6.07) is 9.93. The third-order valence-electron chi connectivity index (χ3n) is 3.90. The maximum Gasteiger partial charge on any atom is 0.271 e. The highest BCUT2D eigenvalue weighted by Gasteiger charge is 2.15. The van der Waals surface area contributed by atoms with Gasteiger partial charge in [-0.3, -0.25) is 4.79 Å². The van der Waals surface area contributed by atoms with Gasteiger partial charge in [0, 0.05) is 24.9 Å². The number of amides is 1. The fourth-order valence-corrected chi connectivity index (χ4v) is 2.64. The summed E-state index contributed by atoms with van der Waals surface area (Å²) in [5.74, 6) is 0.452. The number of aromatic nitrogens is 4. The molecule has 0 bridgehead atoms. The molecule has 0 aliphatic rings. The Morgan fingerprint density at radius 2 is 2.04 bits per heavy atom. The average Bonchev–Trinajstić information content (AvgIpc) is 3.17. The van der Waals surface area contributed by atoms with Crippen molar-refractivity contribution in [2.24, 2.45) is 0 Å². The highest BCUT2D eigenvalue weighted by molar-refractivity contribution is 6.33. The smallest absolute Gasteiger partial charge is 0.271 e. The van der Waals surface area contributed by atoms with Gasteiger partial charge in [-0.15, -0.1) is 0 Å². The van der Waals surface area contributed by atoms with Crippen molar-refractivity contribution in [1.29, 1.82) is 0 Å². The van der Waals surface area contributed by atoms with Gasteiger partial charge in [0.15, 0.2) is 0 Å². The summed E-state index contributed by atoms with van der Waals surface area (Å²) in [5, 5.41) is 7.32. The number of hydrogen-bond acceptors (Lipinski definition) is 4. The van der Waals surface area contributed by atoms with E-state index in [-0.39, 0.29) is 22.5 Å². The van der Waals surface area contributed by atoms with Crippen molar-refractivity contribution in [2.75, 3.05) is 6.54 Å². The van der Waals surface area contributed by atoms with E-state index in [0.717, 1.165) is 11.3 Å². The van der Waals surface area contributed by atoms with Gasteiger partial charge in [-0.2, -0.15) is 5.10 Å². The lowest BCUT2D eigenvalue weighted by Crippen LogP contribution is -2.27. The Labute approximate surface area is 157 Å². The lowest BCUT2D eigenvalue weighted by Gasteiger charge is -2.09. The van der Waals surface area contributed by atoms with Crippen molar-refractivity contribution in [3.05, 3.63) is 71.0 Å². The number of hydrogen-bond donors (Lipinski definition) is 1. The van der Waals surface area contributed by atoms with Gasteiger partial charge in [-0.05, 0) is 30.2 Å². The lowest BCUT2D eigenvalue weighted by molar-refractivity contribution is 0.0949. The van der Waals surface area contributed by atoms with Gasteiger partial charge in [0.25, 0.3) is 5.91 Å². The Morgan fingerprint density at radius 1 is 1.27 bits per heavy atom. The van der Waals surface area contributed by atoms with E-state index in [4.69, 9.17) is 11.6 Å². The Kier molecular flexibility index (Phi) is 5.63. The zero-order valence-electron chi connectivity index (χ0n) is 14.7. The Balaban J connectivity index is 1.58. The van der Waals surface area contributed by atoms with Crippen LogP contribution in [-0.2, 0) is 6.42 Å². The van der Waals surface area contributed by atoms with Gasteiger partial charge < -0.3 is 5.32 Å². The molecule has 7 heteroatoms.